The lowest BCUT2D eigenvalue weighted by Gasteiger charge is -2.08. The average molecular weight is 635 g/mol. The largest absolute Gasteiger partial charge is 0.456 e. The zero-order valence-corrected chi connectivity index (χ0v) is 25.6. The molecule has 0 aliphatic carbocycles. The first-order valence-electron chi connectivity index (χ1n) is 15.9. The number of aromatic nitrogens is 6. The van der Waals surface area contributed by atoms with E-state index in [9.17, 15) is 0 Å². The summed E-state index contributed by atoms with van der Waals surface area (Å²) in [6, 6.07) is 44.5. The molecule has 230 valence electrons. The molecule has 11 rings (SSSR count). The normalized spacial score (nSPS) is 12.1. The van der Waals surface area contributed by atoms with Gasteiger partial charge in [-0.3, -0.25) is 0 Å². The maximum Gasteiger partial charge on any atom is 0.275 e. The summed E-state index contributed by atoms with van der Waals surface area (Å²) < 4.78 is 21.9. The summed E-state index contributed by atoms with van der Waals surface area (Å²) in [7, 11) is 0. The number of benzene rings is 6. The second kappa shape index (κ2) is 9.76. The molecule has 0 radical (unpaired) electrons. The van der Waals surface area contributed by atoms with Crippen molar-refractivity contribution in [3.05, 3.63) is 133 Å². The molecule has 0 aliphatic rings. The third kappa shape index (κ3) is 3.87. The van der Waals surface area contributed by atoms with Gasteiger partial charge >= 0.3 is 0 Å². The Morgan fingerprint density at radius 2 is 0.939 bits per heavy atom. The van der Waals surface area contributed by atoms with Crippen LogP contribution in [0.3, 0.4) is 0 Å². The highest BCUT2D eigenvalue weighted by Crippen LogP contribution is 2.37. The van der Waals surface area contributed by atoms with E-state index in [1.807, 2.05) is 102 Å². The van der Waals surface area contributed by atoms with Gasteiger partial charge in [-0.05, 0) is 89.3 Å². The molecular formula is C40H22N6O3. The first-order chi connectivity index (χ1) is 24.2. The number of fused-ring (bicyclic) bond motifs is 9. The van der Waals surface area contributed by atoms with E-state index in [-0.39, 0.29) is 0 Å². The molecule has 0 aliphatic heterocycles. The summed E-state index contributed by atoms with van der Waals surface area (Å²) in [5.41, 5.74) is 9.22. The Hall–Kier alpha value is -7.00. The molecule has 0 amide bonds. The molecule has 5 aromatic heterocycles. The second-order valence-corrected chi connectivity index (χ2v) is 12.1. The zero-order chi connectivity index (χ0) is 32.1. The Kier molecular flexibility index (Phi) is 5.20. The molecule has 9 heteroatoms. The molecule has 0 bridgehead atoms. The highest BCUT2D eigenvalue weighted by molar-refractivity contribution is 6.08. The molecule has 9 nitrogen and oxygen atoms in total. The summed E-state index contributed by atoms with van der Waals surface area (Å²) >= 11 is 0. The fourth-order valence-corrected chi connectivity index (χ4v) is 6.98. The maximum absolute atomic E-state index is 6.15. The van der Waals surface area contributed by atoms with Crippen molar-refractivity contribution in [3.8, 4) is 34.2 Å². The first kappa shape index (κ1) is 26.1. The number of furan rings is 3. The lowest BCUT2D eigenvalue weighted by molar-refractivity contribution is 0.668. The van der Waals surface area contributed by atoms with Gasteiger partial charge in [0.15, 0.2) is 0 Å². The highest BCUT2D eigenvalue weighted by atomic mass is 16.3. The molecule has 49 heavy (non-hydrogen) atoms. The van der Waals surface area contributed by atoms with Crippen molar-refractivity contribution in [3.63, 3.8) is 0 Å². The van der Waals surface area contributed by atoms with E-state index in [1.165, 1.54) is 0 Å². The van der Waals surface area contributed by atoms with E-state index >= 15 is 0 Å². The van der Waals surface area contributed by atoms with Crippen molar-refractivity contribution in [1.82, 2.24) is 30.0 Å². The van der Waals surface area contributed by atoms with E-state index in [2.05, 4.69) is 51.9 Å². The van der Waals surface area contributed by atoms with Crippen molar-refractivity contribution in [2.45, 2.75) is 0 Å². The average Bonchev–Trinajstić information content (AvgIpc) is 3.98. The lowest BCUT2D eigenvalue weighted by atomic mass is 10.0. The van der Waals surface area contributed by atoms with Gasteiger partial charge in [-0.2, -0.15) is 14.5 Å². The molecule has 0 fully saturated rings. The molecule has 6 aromatic carbocycles. The summed E-state index contributed by atoms with van der Waals surface area (Å²) in [5, 5.41) is 24.4. The Labute approximate surface area is 276 Å². The minimum absolute atomic E-state index is 0.445. The van der Waals surface area contributed by atoms with Crippen LogP contribution >= 0.6 is 0 Å². The number of hydrogen-bond acceptors (Lipinski definition) is 7. The summed E-state index contributed by atoms with van der Waals surface area (Å²) in [6.45, 7) is 0. The van der Waals surface area contributed by atoms with Gasteiger partial charge < -0.3 is 13.3 Å². The van der Waals surface area contributed by atoms with Crippen molar-refractivity contribution >= 4 is 65.8 Å². The van der Waals surface area contributed by atoms with Crippen LogP contribution in [0.15, 0.2) is 147 Å². The lowest BCUT2D eigenvalue weighted by Crippen LogP contribution is -2.09. The van der Waals surface area contributed by atoms with Crippen molar-refractivity contribution in [2.75, 3.05) is 0 Å². The van der Waals surface area contributed by atoms with Crippen LogP contribution in [-0.4, -0.2) is 30.0 Å². The summed E-state index contributed by atoms with van der Waals surface area (Å²) in [5.74, 6) is 0.445. The molecule has 0 unspecified atom stereocenters. The van der Waals surface area contributed by atoms with E-state index in [4.69, 9.17) is 18.4 Å². The number of para-hydroxylation sites is 3. The summed E-state index contributed by atoms with van der Waals surface area (Å²) in [4.78, 5) is 0. The third-order valence-electron chi connectivity index (χ3n) is 9.30. The molecule has 0 atom stereocenters. The van der Waals surface area contributed by atoms with Gasteiger partial charge in [0.2, 0.25) is 0 Å². The van der Waals surface area contributed by atoms with Crippen LogP contribution < -0.4 is 0 Å². The molecular weight excluding hydrogens is 612 g/mol. The van der Waals surface area contributed by atoms with Gasteiger partial charge in [-0.1, -0.05) is 59.7 Å². The molecule has 0 spiro atoms. The maximum atomic E-state index is 6.15. The number of rotatable bonds is 4. The standard InChI is InChI=1S/C40H22N6O3/c1-4-10-34-26(7-1)29-19-23(13-16-37(29)47-34)32-22-33(24-14-17-38-30(20-24)27-8-2-5-11-35(27)48-38)46(42-32)40-41-43-44-45(40)25-15-18-39-31(21-25)28-9-3-6-12-36(28)49-39/h1-22H. The van der Waals surface area contributed by atoms with E-state index in [0.717, 1.165) is 94.0 Å². The topological polar surface area (TPSA) is 101 Å². The van der Waals surface area contributed by atoms with Crippen LogP contribution in [-0.2, 0) is 0 Å². The van der Waals surface area contributed by atoms with Gasteiger partial charge in [0.25, 0.3) is 5.95 Å². The predicted molar refractivity (Wildman–Crippen MR) is 189 cm³/mol. The predicted octanol–water partition coefficient (Wildman–Crippen LogP) is 9.88. The van der Waals surface area contributed by atoms with Crippen LogP contribution in [0.1, 0.15) is 0 Å². The Bertz CT molecular complexity index is 3080. The zero-order valence-electron chi connectivity index (χ0n) is 25.6. The second-order valence-electron chi connectivity index (χ2n) is 12.1. The van der Waals surface area contributed by atoms with E-state index < -0.39 is 0 Å². The number of tetrazole rings is 1. The number of nitrogens with zero attached hydrogens (tertiary/aromatic N) is 6. The van der Waals surface area contributed by atoms with Crippen LogP contribution in [0, 0.1) is 0 Å². The minimum Gasteiger partial charge on any atom is -0.456 e. The number of hydrogen-bond donors (Lipinski definition) is 0. The van der Waals surface area contributed by atoms with E-state index in [1.54, 1.807) is 4.68 Å². The first-order valence-corrected chi connectivity index (χ1v) is 15.9. The van der Waals surface area contributed by atoms with Crippen LogP contribution in [0.2, 0.25) is 0 Å². The molecule has 0 saturated heterocycles. The SMILES string of the molecule is c1ccc2c(c1)oc1ccc(-c3cc(-c4ccc5oc6ccccc6c5c4)n(-c4nnnn4-c4ccc5oc6ccccc6c5c4)n3)cc12. The highest BCUT2D eigenvalue weighted by Gasteiger charge is 2.21. The quantitative estimate of drug-likeness (QED) is 0.190. The van der Waals surface area contributed by atoms with Crippen LogP contribution in [0.4, 0.5) is 0 Å². The van der Waals surface area contributed by atoms with Crippen molar-refractivity contribution < 1.29 is 13.3 Å². The van der Waals surface area contributed by atoms with Crippen molar-refractivity contribution in [1.29, 1.82) is 0 Å². The fraction of sp³-hybridized carbons (Fsp3) is 0. The van der Waals surface area contributed by atoms with Gasteiger partial charge in [0.05, 0.1) is 17.1 Å². The van der Waals surface area contributed by atoms with Gasteiger partial charge in [-0.15, -0.1) is 0 Å². The molecule has 5 heterocycles. The Balaban J connectivity index is 1.13. The Morgan fingerprint density at radius 1 is 0.429 bits per heavy atom. The molecule has 0 N–H and O–H groups in total. The smallest absolute Gasteiger partial charge is 0.275 e. The van der Waals surface area contributed by atoms with Crippen molar-refractivity contribution in [2.24, 2.45) is 0 Å². The van der Waals surface area contributed by atoms with Gasteiger partial charge in [0, 0.05) is 43.4 Å². The summed E-state index contributed by atoms with van der Waals surface area (Å²) in [6.07, 6.45) is 0. The van der Waals surface area contributed by atoms with E-state index in [0.29, 0.717) is 5.95 Å². The third-order valence-corrected chi connectivity index (χ3v) is 9.30. The Morgan fingerprint density at radius 3 is 1.57 bits per heavy atom. The molecule has 0 saturated carbocycles. The minimum atomic E-state index is 0.445. The fourth-order valence-electron chi connectivity index (χ4n) is 6.98. The molecule has 11 aromatic rings. The monoisotopic (exact) mass is 634 g/mol. The van der Waals surface area contributed by atoms with Crippen LogP contribution in [0.5, 0.6) is 0 Å². The van der Waals surface area contributed by atoms with Gasteiger partial charge in [0.1, 0.15) is 33.5 Å². The van der Waals surface area contributed by atoms with Gasteiger partial charge in [-0.25, -0.2) is 0 Å². The van der Waals surface area contributed by atoms with Crippen LogP contribution in [0.25, 0.3) is 100.0 Å².